The second kappa shape index (κ2) is 7.75. The summed E-state index contributed by atoms with van der Waals surface area (Å²) in [4.78, 5) is 30.8. The molecule has 3 amide bonds. The molecular formula is C21H20FN5O2. The average Bonchev–Trinajstić information content (AvgIpc) is 3.35. The van der Waals surface area contributed by atoms with Crippen molar-refractivity contribution in [3.05, 3.63) is 83.7 Å². The van der Waals surface area contributed by atoms with Crippen LogP contribution in [0.15, 0.2) is 60.9 Å². The highest BCUT2D eigenvalue weighted by atomic mass is 19.1. The SMILES string of the molecule is Cn1ccnc1C(NC(=O)c1cccc(N2CCNC2=O)c1)c1ccccc1F. The van der Waals surface area contributed by atoms with Crippen LogP contribution in [0.5, 0.6) is 0 Å². The van der Waals surface area contributed by atoms with Gasteiger partial charge in [-0.15, -0.1) is 0 Å². The second-order valence-electron chi connectivity index (χ2n) is 6.76. The number of aryl methyl sites for hydroxylation is 1. The molecule has 148 valence electrons. The van der Waals surface area contributed by atoms with E-state index in [4.69, 9.17) is 0 Å². The predicted octanol–water partition coefficient (Wildman–Crippen LogP) is 2.61. The Hall–Kier alpha value is -3.68. The molecule has 0 spiro atoms. The van der Waals surface area contributed by atoms with E-state index in [-0.39, 0.29) is 11.9 Å². The van der Waals surface area contributed by atoms with Crippen molar-refractivity contribution in [2.75, 3.05) is 18.0 Å². The lowest BCUT2D eigenvalue weighted by Gasteiger charge is -2.20. The van der Waals surface area contributed by atoms with Gasteiger partial charge in [0.1, 0.15) is 17.7 Å². The standard InChI is InChI=1S/C21H20FN5O2/c1-26-11-9-23-19(26)18(16-7-2-3-8-17(16)22)25-20(28)14-5-4-6-15(13-14)27-12-10-24-21(27)29/h2-9,11,13,18H,10,12H2,1H3,(H,24,29)(H,25,28). The van der Waals surface area contributed by atoms with Gasteiger partial charge in [-0.05, 0) is 24.3 Å². The maximum Gasteiger partial charge on any atom is 0.321 e. The summed E-state index contributed by atoms with van der Waals surface area (Å²) in [6.45, 7) is 1.10. The summed E-state index contributed by atoms with van der Waals surface area (Å²) < 4.78 is 16.2. The summed E-state index contributed by atoms with van der Waals surface area (Å²) in [7, 11) is 1.79. The zero-order chi connectivity index (χ0) is 20.4. The van der Waals surface area contributed by atoms with Crippen LogP contribution in [0.1, 0.15) is 27.8 Å². The Morgan fingerprint density at radius 3 is 2.76 bits per heavy atom. The van der Waals surface area contributed by atoms with E-state index in [0.717, 1.165) is 0 Å². The molecule has 29 heavy (non-hydrogen) atoms. The molecule has 1 aliphatic rings. The molecule has 1 aliphatic heterocycles. The van der Waals surface area contributed by atoms with Crippen molar-refractivity contribution in [1.29, 1.82) is 0 Å². The Morgan fingerprint density at radius 2 is 2.07 bits per heavy atom. The minimum Gasteiger partial charge on any atom is -0.338 e. The van der Waals surface area contributed by atoms with Gasteiger partial charge in [0.05, 0.1) is 0 Å². The van der Waals surface area contributed by atoms with Gasteiger partial charge in [-0.3, -0.25) is 9.69 Å². The molecule has 2 N–H and O–H groups in total. The van der Waals surface area contributed by atoms with E-state index in [1.54, 1.807) is 71.4 Å². The maximum atomic E-state index is 14.5. The van der Waals surface area contributed by atoms with Crippen LogP contribution in [-0.4, -0.2) is 34.6 Å². The third-order valence-electron chi connectivity index (χ3n) is 4.89. The van der Waals surface area contributed by atoms with Gasteiger partial charge >= 0.3 is 6.03 Å². The number of amides is 3. The van der Waals surface area contributed by atoms with Crippen LogP contribution in [0, 0.1) is 5.82 Å². The molecule has 1 unspecified atom stereocenters. The van der Waals surface area contributed by atoms with Crippen molar-refractivity contribution in [3.8, 4) is 0 Å². The first kappa shape index (κ1) is 18.7. The van der Waals surface area contributed by atoms with E-state index in [0.29, 0.717) is 35.7 Å². The molecule has 0 aliphatic carbocycles. The third kappa shape index (κ3) is 3.69. The highest BCUT2D eigenvalue weighted by molar-refractivity contribution is 5.98. The van der Waals surface area contributed by atoms with Crippen LogP contribution in [-0.2, 0) is 7.05 Å². The van der Waals surface area contributed by atoms with Gasteiger partial charge in [0.15, 0.2) is 0 Å². The number of carbonyl (C=O) groups excluding carboxylic acids is 2. The number of hydrogen-bond donors (Lipinski definition) is 2. The number of halogens is 1. The molecule has 1 aromatic heterocycles. The number of imidazole rings is 1. The monoisotopic (exact) mass is 393 g/mol. The molecule has 2 aromatic carbocycles. The molecule has 3 aromatic rings. The predicted molar refractivity (Wildman–Crippen MR) is 106 cm³/mol. The van der Waals surface area contributed by atoms with Crippen molar-refractivity contribution >= 4 is 17.6 Å². The molecule has 0 saturated carbocycles. The van der Waals surface area contributed by atoms with Crippen molar-refractivity contribution in [2.45, 2.75) is 6.04 Å². The second-order valence-corrected chi connectivity index (χ2v) is 6.76. The fourth-order valence-corrected chi connectivity index (χ4v) is 3.39. The lowest BCUT2D eigenvalue weighted by Crippen LogP contribution is -2.32. The van der Waals surface area contributed by atoms with Crippen molar-refractivity contribution in [3.63, 3.8) is 0 Å². The van der Waals surface area contributed by atoms with E-state index in [2.05, 4.69) is 15.6 Å². The number of urea groups is 1. The van der Waals surface area contributed by atoms with Gasteiger partial charge in [-0.2, -0.15) is 0 Å². The molecule has 8 heteroatoms. The zero-order valence-electron chi connectivity index (χ0n) is 15.8. The van der Waals surface area contributed by atoms with E-state index in [1.807, 2.05) is 0 Å². The van der Waals surface area contributed by atoms with Crippen LogP contribution >= 0.6 is 0 Å². The number of aromatic nitrogens is 2. The molecule has 1 fully saturated rings. The molecular weight excluding hydrogens is 373 g/mol. The Balaban J connectivity index is 1.65. The topological polar surface area (TPSA) is 79.3 Å². The molecule has 0 bridgehead atoms. The molecule has 1 atom stereocenters. The Bertz CT molecular complexity index is 1060. The number of nitrogens with zero attached hydrogens (tertiary/aromatic N) is 3. The number of carbonyl (C=O) groups is 2. The highest BCUT2D eigenvalue weighted by Crippen LogP contribution is 2.24. The van der Waals surface area contributed by atoms with Gasteiger partial charge in [0, 0.05) is 49.3 Å². The lowest BCUT2D eigenvalue weighted by molar-refractivity contribution is 0.0940. The molecule has 7 nitrogen and oxygen atoms in total. The van der Waals surface area contributed by atoms with E-state index < -0.39 is 11.9 Å². The summed E-state index contributed by atoms with van der Waals surface area (Å²) in [5.41, 5.74) is 1.33. The van der Waals surface area contributed by atoms with Crippen LogP contribution in [0.25, 0.3) is 0 Å². The minimum absolute atomic E-state index is 0.195. The molecule has 0 radical (unpaired) electrons. The summed E-state index contributed by atoms with van der Waals surface area (Å²) in [5, 5.41) is 5.62. The summed E-state index contributed by atoms with van der Waals surface area (Å²) >= 11 is 0. The smallest absolute Gasteiger partial charge is 0.321 e. The van der Waals surface area contributed by atoms with Gasteiger partial charge in [-0.25, -0.2) is 14.2 Å². The van der Waals surface area contributed by atoms with Gasteiger partial charge in [0.2, 0.25) is 0 Å². The minimum atomic E-state index is -0.762. The van der Waals surface area contributed by atoms with Crippen LogP contribution < -0.4 is 15.5 Å². The molecule has 4 rings (SSSR count). The zero-order valence-corrected chi connectivity index (χ0v) is 15.8. The Kier molecular flexibility index (Phi) is 4.99. The van der Waals surface area contributed by atoms with Gasteiger partial charge in [0.25, 0.3) is 5.91 Å². The van der Waals surface area contributed by atoms with Crippen molar-refractivity contribution in [2.24, 2.45) is 7.05 Å². The quantitative estimate of drug-likeness (QED) is 0.699. The fourth-order valence-electron chi connectivity index (χ4n) is 3.39. The average molecular weight is 393 g/mol. The highest BCUT2D eigenvalue weighted by Gasteiger charge is 2.25. The number of nitrogens with one attached hydrogen (secondary N) is 2. The molecule has 2 heterocycles. The normalized spacial score (nSPS) is 14.6. The van der Waals surface area contributed by atoms with Crippen molar-refractivity contribution in [1.82, 2.24) is 20.2 Å². The lowest BCUT2D eigenvalue weighted by atomic mass is 10.0. The van der Waals surface area contributed by atoms with Crippen LogP contribution in [0.4, 0.5) is 14.9 Å². The number of anilines is 1. The molecule has 1 saturated heterocycles. The summed E-state index contributed by atoms with van der Waals surface area (Å²) in [6, 6.07) is 12.1. The Labute approximate surface area is 167 Å². The maximum absolute atomic E-state index is 14.5. The summed E-state index contributed by atoms with van der Waals surface area (Å²) in [5.74, 6) is -0.301. The number of hydrogen-bond acceptors (Lipinski definition) is 3. The number of rotatable bonds is 5. The first-order valence-corrected chi connectivity index (χ1v) is 9.22. The van der Waals surface area contributed by atoms with E-state index in [9.17, 15) is 14.0 Å². The van der Waals surface area contributed by atoms with E-state index >= 15 is 0 Å². The first-order chi connectivity index (χ1) is 14.0. The Morgan fingerprint density at radius 1 is 1.24 bits per heavy atom. The van der Waals surface area contributed by atoms with E-state index in [1.165, 1.54) is 6.07 Å². The fraction of sp³-hybridized carbons (Fsp3) is 0.190. The van der Waals surface area contributed by atoms with Gasteiger partial charge in [-0.1, -0.05) is 24.3 Å². The first-order valence-electron chi connectivity index (χ1n) is 9.22. The number of benzene rings is 2. The van der Waals surface area contributed by atoms with Gasteiger partial charge < -0.3 is 15.2 Å². The summed E-state index contributed by atoms with van der Waals surface area (Å²) in [6.07, 6.45) is 3.34. The van der Waals surface area contributed by atoms with Crippen molar-refractivity contribution < 1.29 is 14.0 Å². The largest absolute Gasteiger partial charge is 0.338 e. The third-order valence-corrected chi connectivity index (χ3v) is 4.89. The van der Waals surface area contributed by atoms with Crippen LogP contribution in [0.2, 0.25) is 0 Å². The van der Waals surface area contributed by atoms with Crippen LogP contribution in [0.3, 0.4) is 0 Å².